The van der Waals surface area contributed by atoms with Crippen molar-refractivity contribution in [1.29, 1.82) is 0 Å². The summed E-state index contributed by atoms with van der Waals surface area (Å²) in [7, 11) is -3.50. The van der Waals surface area contributed by atoms with Crippen LogP contribution in [0.2, 0.25) is 5.02 Å². The Bertz CT molecular complexity index is 855. The minimum absolute atomic E-state index is 0.183. The molecular formula is C20H25ClN2O2S. The molecule has 0 radical (unpaired) electrons. The quantitative estimate of drug-likeness (QED) is 0.780. The first-order valence-corrected chi connectivity index (χ1v) is 10.7. The number of halogens is 1. The van der Waals surface area contributed by atoms with E-state index in [4.69, 9.17) is 11.6 Å². The fourth-order valence-electron chi connectivity index (χ4n) is 3.31. The van der Waals surface area contributed by atoms with Gasteiger partial charge in [-0.2, -0.15) is 4.31 Å². The maximum Gasteiger partial charge on any atom is 0.243 e. The molecule has 3 rings (SSSR count). The van der Waals surface area contributed by atoms with Crippen LogP contribution in [0.4, 0.5) is 0 Å². The highest BCUT2D eigenvalue weighted by Gasteiger charge is 2.32. The Morgan fingerprint density at radius 2 is 1.85 bits per heavy atom. The lowest BCUT2D eigenvalue weighted by Crippen LogP contribution is -2.53. The first kappa shape index (κ1) is 19.4. The van der Waals surface area contributed by atoms with Crippen molar-refractivity contribution in [3.05, 3.63) is 64.7 Å². The summed E-state index contributed by atoms with van der Waals surface area (Å²) >= 11 is 6.12. The Morgan fingerprint density at radius 1 is 1.12 bits per heavy atom. The van der Waals surface area contributed by atoms with E-state index in [1.165, 1.54) is 5.56 Å². The van der Waals surface area contributed by atoms with Crippen molar-refractivity contribution >= 4 is 21.6 Å². The lowest BCUT2D eigenvalue weighted by Gasteiger charge is -2.39. The van der Waals surface area contributed by atoms with E-state index in [1.54, 1.807) is 22.5 Å². The maximum absolute atomic E-state index is 12.9. The third kappa shape index (κ3) is 4.29. The molecule has 6 heteroatoms. The topological polar surface area (TPSA) is 40.6 Å². The van der Waals surface area contributed by atoms with Crippen molar-refractivity contribution in [3.63, 3.8) is 0 Å². The van der Waals surface area contributed by atoms with Crippen molar-refractivity contribution < 1.29 is 8.42 Å². The molecule has 4 nitrogen and oxygen atoms in total. The van der Waals surface area contributed by atoms with Gasteiger partial charge in [0.15, 0.2) is 0 Å². The maximum atomic E-state index is 12.9. The Kier molecular flexibility index (Phi) is 6.03. The second-order valence-electron chi connectivity index (χ2n) is 6.89. The molecule has 1 saturated heterocycles. The summed E-state index contributed by atoms with van der Waals surface area (Å²) in [5.74, 6) is 0. The average Bonchev–Trinajstić information content (AvgIpc) is 2.63. The minimum Gasteiger partial charge on any atom is -0.298 e. The number of hydrogen-bond donors (Lipinski definition) is 0. The summed E-state index contributed by atoms with van der Waals surface area (Å²) in [5, 5.41) is 0.487. The van der Waals surface area contributed by atoms with Crippen LogP contribution in [-0.4, -0.2) is 49.8 Å². The molecule has 2 aromatic carbocycles. The van der Waals surface area contributed by atoms with Crippen LogP contribution >= 0.6 is 11.6 Å². The van der Waals surface area contributed by atoms with Gasteiger partial charge in [0.1, 0.15) is 0 Å². The summed E-state index contributed by atoms with van der Waals surface area (Å²) in [4.78, 5) is 2.64. The van der Waals surface area contributed by atoms with Crippen LogP contribution in [0.25, 0.3) is 0 Å². The molecule has 0 aliphatic carbocycles. The van der Waals surface area contributed by atoms with Gasteiger partial charge in [-0.1, -0.05) is 48.0 Å². The predicted octanol–water partition coefficient (Wildman–Crippen LogP) is 3.59. The van der Waals surface area contributed by atoms with Gasteiger partial charge in [-0.15, -0.1) is 0 Å². The molecule has 0 saturated carbocycles. The molecule has 0 spiro atoms. The lowest BCUT2D eigenvalue weighted by atomic mass is 10.1. The number of sulfonamides is 1. The smallest absolute Gasteiger partial charge is 0.243 e. The van der Waals surface area contributed by atoms with Gasteiger partial charge in [0.25, 0.3) is 0 Å². The van der Waals surface area contributed by atoms with Crippen molar-refractivity contribution in [2.75, 3.05) is 26.2 Å². The van der Waals surface area contributed by atoms with E-state index < -0.39 is 10.0 Å². The van der Waals surface area contributed by atoms with E-state index in [0.29, 0.717) is 18.1 Å². The van der Waals surface area contributed by atoms with Crippen LogP contribution in [0.1, 0.15) is 18.1 Å². The number of piperazine rings is 1. The van der Waals surface area contributed by atoms with E-state index in [9.17, 15) is 8.42 Å². The fraction of sp³-hybridized carbons (Fsp3) is 0.400. The summed E-state index contributed by atoms with van der Waals surface area (Å²) < 4.78 is 27.4. The Labute approximate surface area is 161 Å². The van der Waals surface area contributed by atoms with Crippen molar-refractivity contribution in [2.24, 2.45) is 0 Å². The molecule has 26 heavy (non-hydrogen) atoms. The van der Waals surface area contributed by atoms with Gasteiger partial charge in [-0.25, -0.2) is 8.42 Å². The van der Waals surface area contributed by atoms with Gasteiger partial charge in [0, 0.05) is 37.2 Å². The zero-order chi connectivity index (χ0) is 18.7. The standard InChI is InChI=1S/C20H25ClN2O2S/c1-16-8-9-19(14-20(16)21)26(24,25)23-13-12-22(17(2)15-23)11-10-18-6-4-3-5-7-18/h3-9,14,17H,10-13,15H2,1-2H3. The van der Waals surface area contributed by atoms with E-state index in [2.05, 4.69) is 36.1 Å². The summed E-state index contributed by atoms with van der Waals surface area (Å²) in [6.45, 7) is 6.65. The zero-order valence-corrected chi connectivity index (χ0v) is 16.8. The van der Waals surface area contributed by atoms with Crippen LogP contribution in [0.15, 0.2) is 53.4 Å². The fourth-order valence-corrected chi connectivity index (χ4v) is 5.10. The molecule has 1 aliphatic heterocycles. The molecular weight excluding hydrogens is 368 g/mol. The Morgan fingerprint density at radius 3 is 2.50 bits per heavy atom. The monoisotopic (exact) mass is 392 g/mol. The number of rotatable bonds is 5. The largest absolute Gasteiger partial charge is 0.298 e. The van der Waals surface area contributed by atoms with E-state index >= 15 is 0 Å². The van der Waals surface area contributed by atoms with Crippen molar-refractivity contribution in [1.82, 2.24) is 9.21 Å². The van der Waals surface area contributed by atoms with Crippen molar-refractivity contribution in [3.8, 4) is 0 Å². The van der Waals surface area contributed by atoms with Crippen LogP contribution in [0.5, 0.6) is 0 Å². The van der Waals surface area contributed by atoms with E-state index in [0.717, 1.165) is 25.1 Å². The van der Waals surface area contributed by atoms with Crippen molar-refractivity contribution in [2.45, 2.75) is 31.2 Å². The summed E-state index contributed by atoms with van der Waals surface area (Å²) in [6.07, 6.45) is 0.978. The van der Waals surface area contributed by atoms with E-state index in [-0.39, 0.29) is 10.9 Å². The Hall–Kier alpha value is -1.40. The molecule has 1 heterocycles. The van der Waals surface area contributed by atoms with Crippen LogP contribution in [-0.2, 0) is 16.4 Å². The normalized spacial score (nSPS) is 19.6. The SMILES string of the molecule is Cc1ccc(S(=O)(=O)N2CCN(CCc3ccccc3)C(C)C2)cc1Cl. The third-order valence-electron chi connectivity index (χ3n) is 5.04. The molecule has 1 fully saturated rings. The molecule has 1 unspecified atom stereocenters. The Balaban J connectivity index is 1.64. The van der Waals surface area contributed by atoms with E-state index in [1.807, 2.05) is 13.0 Å². The molecule has 0 amide bonds. The summed E-state index contributed by atoms with van der Waals surface area (Å²) in [5.41, 5.74) is 2.19. The van der Waals surface area contributed by atoms with Gasteiger partial charge in [0.05, 0.1) is 4.90 Å². The first-order chi connectivity index (χ1) is 12.4. The lowest BCUT2D eigenvalue weighted by molar-refractivity contribution is 0.130. The molecule has 0 aromatic heterocycles. The average molecular weight is 393 g/mol. The van der Waals surface area contributed by atoms with Crippen LogP contribution in [0.3, 0.4) is 0 Å². The summed E-state index contributed by atoms with van der Waals surface area (Å²) in [6, 6.07) is 15.5. The highest BCUT2D eigenvalue weighted by atomic mass is 35.5. The second kappa shape index (κ2) is 8.09. The zero-order valence-electron chi connectivity index (χ0n) is 15.2. The molecule has 0 bridgehead atoms. The highest BCUT2D eigenvalue weighted by Crippen LogP contribution is 2.24. The second-order valence-corrected chi connectivity index (χ2v) is 9.24. The molecule has 1 aliphatic rings. The molecule has 2 aromatic rings. The van der Waals surface area contributed by atoms with Crippen LogP contribution in [0, 0.1) is 6.92 Å². The number of nitrogens with zero attached hydrogens (tertiary/aromatic N) is 2. The molecule has 140 valence electrons. The first-order valence-electron chi connectivity index (χ1n) is 8.92. The highest BCUT2D eigenvalue weighted by molar-refractivity contribution is 7.89. The molecule has 0 N–H and O–H groups in total. The van der Waals surface area contributed by atoms with Gasteiger partial charge < -0.3 is 0 Å². The van der Waals surface area contributed by atoms with Gasteiger partial charge >= 0.3 is 0 Å². The molecule has 1 atom stereocenters. The number of aryl methyl sites for hydroxylation is 1. The van der Waals surface area contributed by atoms with Gasteiger partial charge in [-0.3, -0.25) is 4.90 Å². The van der Waals surface area contributed by atoms with Crippen LogP contribution < -0.4 is 0 Å². The third-order valence-corrected chi connectivity index (χ3v) is 7.31. The van der Waals surface area contributed by atoms with Gasteiger partial charge in [-0.05, 0) is 43.5 Å². The number of benzene rings is 2. The minimum atomic E-state index is -3.50. The predicted molar refractivity (Wildman–Crippen MR) is 106 cm³/mol. The number of hydrogen-bond acceptors (Lipinski definition) is 3. The van der Waals surface area contributed by atoms with Gasteiger partial charge in [0.2, 0.25) is 10.0 Å².